The summed E-state index contributed by atoms with van der Waals surface area (Å²) in [5.41, 5.74) is 9.83. The molecule has 2 saturated heterocycles. The van der Waals surface area contributed by atoms with E-state index in [9.17, 15) is 10.6 Å². The Morgan fingerprint density at radius 3 is 2.21 bits per heavy atom. The van der Waals surface area contributed by atoms with Crippen LogP contribution in [0.1, 0.15) is 25.0 Å². The van der Waals surface area contributed by atoms with Crippen LogP contribution < -0.4 is 0 Å². The van der Waals surface area contributed by atoms with Gasteiger partial charge in [-0.2, -0.15) is 0 Å². The lowest BCUT2D eigenvalue weighted by molar-refractivity contribution is -0.246. The monoisotopic (exact) mass is 455 g/mol. The Labute approximate surface area is 192 Å². The zero-order valence-corrected chi connectivity index (χ0v) is 18.7. The first kappa shape index (κ1) is 23.7. The van der Waals surface area contributed by atoms with Crippen molar-refractivity contribution in [3.8, 4) is 0 Å². The van der Waals surface area contributed by atoms with Gasteiger partial charge in [0.25, 0.3) is 0 Å². The summed E-state index contributed by atoms with van der Waals surface area (Å²) in [7, 11) is 0. The Morgan fingerprint density at radius 1 is 1.00 bits per heavy atom. The fraction of sp³-hybridized carbons (Fsp3) is 0.500. The van der Waals surface area contributed by atoms with E-state index in [2.05, 4.69) is 10.0 Å². The summed E-state index contributed by atoms with van der Waals surface area (Å²) in [5, 5.41) is 14.3. The van der Waals surface area contributed by atoms with Crippen LogP contribution in [0.15, 0.2) is 65.8 Å². The molecule has 0 saturated carbocycles. The van der Waals surface area contributed by atoms with Crippen molar-refractivity contribution in [1.29, 1.82) is 0 Å². The topological polar surface area (TPSA) is 115 Å². The smallest absolute Gasteiger partial charge is 0.187 e. The predicted octanol–water partition coefficient (Wildman–Crippen LogP) is 3.71. The normalized spacial score (nSPS) is 27.5. The van der Waals surface area contributed by atoms with Crippen LogP contribution in [0, 0.1) is 0 Å². The third-order valence-electron chi connectivity index (χ3n) is 5.78. The molecule has 2 fully saturated rings. The first-order valence-corrected chi connectivity index (χ1v) is 10.9. The number of azide groups is 1. The van der Waals surface area contributed by atoms with Crippen LogP contribution in [0.4, 0.5) is 0 Å². The Bertz CT molecular complexity index is 953. The number of hydrogen-bond donors (Lipinski definition) is 1. The average molecular weight is 456 g/mol. The van der Waals surface area contributed by atoms with Gasteiger partial charge in [0, 0.05) is 4.91 Å². The molecule has 2 heterocycles. The van der Waals surface area contributed by atoms with Crippen LogP contribution in [0.25, 0.3) is 10.4 Å². The highest BCUT2D eigenvalue weighted by atomic mass is 16.8. The molecule has 0 radical (unpaired) electrons. The number of aliphatic hydroxyl groups is 1. The van der Waals surface area contributed by atoms with Crippen molar-refractivity contribution in [1.82, 2.24) is 0 Å². The van der Waals surface area contributed by atoms with E-state index >= 15 is 0 Å². The quantitative estimate of drug-likeness (QED) is 0.332. The van der Waals surface area contributed by atoms with Crippen molar-refractivity contribution in [2.45, 2.75) is 63.0 Å². The standard InChI is InChI=1S/C24H29N3O6/c1-23(2)32-19-20(33-23)22(30-14-18-11-7-4-8-12-18)31-21(19)24(15-28,26-27-25)16-29-13-17-9-5-3-6-10-17/h3-12,19-22,28H,13-16H2,1-2H3/t19-,20+,21+,22+,24-/m1/s1. The summed E-state index contributed by atoms with van der Waals surface area (Å²) in [5.74, 6) is -0.881. The molecule has 0 spiro atoms. The SMILES string of the molecule is CC1(C)O[C@@H]2[C@@H](OCc3ccccc3)O[C@H]([C@@](CO)(COCc3ccccc3)N=[N+]=[N-])[C@@H]2O1. The maximum absolute atomic E-state index is 10.3. The summed E-state index contributed by atoms with van der Waals surface area (Å²) in [6.07, 6.45) is -2.76. The van der Waals surface area contributed by atoms with Crippen molar-refractivity contribution in [2.24, 2.45) is 5.11 Å². The van der Waals surface area contributed by atoms with Gasteiger partial charge in [-0.15, -0.1) is 0 Å². The highest BCUT2D eigenvalue weighted by Crippen LogP contribution is 2.43. The van der Waals surface area contributed by atoms with E-state index < -0.39 is 42.5 Å². The molecule has 5 atom stereocenters. The van der Waals surface area contributed by atoms with Crippen LogP contribution in [-0.2, 0) is 36.9 Å². The van der Waals surface area contributed by atoms with Crippen LogP contribution in [0.5, 0.6) is 0 Å². The van der Waals surface area contributed by atoms with Gasteiger partial charge in [0.15, 0.2) is 12.1 Å². The lowest BCUT2D eigenvalue weighted by Gasteiger charge is -2.35. The van der Waals surface area contributed by atoms with Gasteiger partial charge in [-0.1, -0.05) is 65.8 Å². The third-order valence-corrected chi connectivity index (χ3v) is 5.78. The summed E-state index contributed by atoms with van der Waals surface area (Å²) >= 11 is 0. The third kappa shape index (κ3) is 5.37. The molecule has 2 aliphatic heterocycles. The molecule has 0 aromatic heterocycles. The van der Waals surface area contributed by atoms with Crippen molar-refractivity contribution >= 4 is 0 Å². The lowest BCUT2D eigenvalue weighted by Crippen LogP contribution is -2.53. The van der Waals surface area contributed by atoms with E-state index in [1.165, 1.54) is 0 Å². The average Bonchev–Trinajstić information content (AvgIpc) is 3.31. The predicted molar refractivity (Wildman–Crippen MR) is 119 cm³/mol. The number of aliphatic hydroxyl groups excluding tert-OH is 1. The molecule has 0 bridgehead atoms. The Kier molecular flexibility index (Phi) is 7.31. The van der Waals surface area contributed by atoms with E-state index in [1.807, 2.05) is 60.7 Å². The van der Waals surface area contributed by atoms with Crippen molar-refractivity contribution in [2.75, 3.05) is 13.2 Å². The van der Waals surface area contributed by atoms with E-state index in [1.54, 1.807) is 13.8 Å². The minimum atomic E-state index is -1.42. The molecule has 2 aliphatic rings. The Balaban J connectivity index is 1.52. The maximum Gasteiger partial charge on any atom is 0.187 e. The molecule has 0 amide bonds. The maximum atomic E-state index is 10.3. The van der Waals surface area contributed by atoms with Crippen LogP contribution >= 0.6 is 0 Å². The molecule has 4 rings (SSSR count). The molecule has 9 heteroatoms. The summed E-state index contributed by atoms with van der Waals surface area (Å²) in [4.78, 5) is 2.99. The van der Waals surface area contributed by atoms with Crippen molar-refractivity contribution in [3.63, 3.8) is 0 Å². The number of nitrogens with zero attached hydrogens (tertiary/aromatic N) is 3. The number of fused-ring (bicyclic) bond motifs is 1. The van der Waals surface area contributed by atoms with Gasteiger partial charge in [0.2, 0.25) is 0 Å². The van der Waals surface area contributed by atoms with Gasteiger partial charge in [-0.05, 0) is 30.5 Å². The number of hydrogen-bond acceptors (Lipinski definition) is 7. The summed E-state index contributed by atoms with van der Waals surface area (Å²) < 4.78 is 30.3. The molecule has 33 heavy (non-hydrogen) atoms. The van der Waals surface area contributed by atoms with E-state index in [4.69, 9.17) is 23.7 Å². The molecular formula is C24H29N3O6. The molecule has 9 nitrogen and oxygen atoms in total. The number of ether oxygens (including phenoxy) is 5. The molecule has 2 aromatic carbocycles. The van der Waals surface area contributed by atoms with Crippen LogP contribution in [0.3, 0.4) is 0 Å². The fourth-order valence-corrected chi connectivity index (χ4v) is 4.22. The first-order valence-electron chi connectivity index (χ1n) is 10.9. The second-order valence-electron chi connectivity index (χ2n) is 8.72. The van der Waals surface area contributed by atoms with E-state index in [0.29, 0.717) is 13.2 Å². The van der Waals surface area contributed by atoms with Gasteiger partial charge < -0.3 is 28.8 Å². The summed E-state index contributed by atoms with van der Waals surface area (Å²) in [6.45, 7) is 3.65. The fourth-order valence-electron chi connectivity index (χ4n) is 4.22. The lowest BCUT2D eigenvalue weighted by atomic mass is 9.90. The Hall–Kier alpha value is -2.49. The van der Waals surface area contributed by atoms with Gasteiger partial charge >= 0.3 is 0 Å². The number of benzene rings is 2. The minimum absolute atomic E-state index is 0.0640. The van der Waals surface area contributed by atoms with Crippen LogP contribution in [0.2, 0.25) is 0 Å². The molecule has 1 N–H and O–H groups in total. The number of rotatable bonds is 10. The van der Waals surface area contributed by atoms with Crippen LogP contribution in [-0.4, -0.2) is 54.2 Å². The summed E-state index contributed by atoms with van der Waals surface area (Å²) in [6, 6.07) is 19.3. The minimum Gasteiger partial charge on any atom is -0.395 e. The molecule has 0 unspecified atom stereocenters. The van der Waals surface area contributed by atoms with E-state index in [-0.39, 0.29) is 6.61 Å². The molecule has 2 aromatic rings. The second kappa shape index (κ2) is 10.2. The van der Waals surface area contributed by atoms with Crippen molar-refractivity contribution in [3.05, 3.63) is 82.2 Å². The Morgan fingerprint density at radius 2 is 1.61 bits per heavy atom. The van der Waals surface area contributed by atoms with E-state index in [0.717, 1.165) is 11.1 Å². The van der Waals surface area contributed by atoms with Gasteiger partial charge in [-0.25, -0.2) is 0 Å². The largest absolute Gasteiger partial charge is 0.395 e. The second-order valence-corrected chi connectivity index (χ2v) is 8.72. The molecule has 0 aliphatic carbocycles. The molecular weight excluding hydrogens is 426 g/mol. The van der Waals surface area contributed by atoms with Crippen molar-refractivity contribution < 1.29 is 28.8 Å². The zero-order chi connectivity index (χ0) is 23.3. The molecule has 176 valence electrons. The first-order chi connectivity index (χ1) is 16.0. The highest BCUT2D eigenvalue weighted by molar-refractivity contribution is 5.15. The van der Waals surface area contributed by atoms with Gasteiger partial charge in [0.1, 0.15) is 23.9 Å². The highest BCUT2D eigenvalue weighted by Gasteiger charge is 2.61. The van der Waals surface area contributed by atoms with Gasteiger partial charge in [0.05, 0.1) is 26.4 Å². The van der Waals surface area contributed by atoms with Gasteiger partial charge in [-0.3, -0.25) is 0 Å². The zero-order valence-electron chi connectivity index (χ0n) is 18.7.